The van der Waals surface area contributed by atoms with E-state index in [1.54, 1.807) is 24.4 Å². The summed E-state index contributed by atoms with van der Waals surface area (Å²) in [4.78, 5) is 0.281. The number of allylic oxidation sites excluding steroid dienone is 2. The molecule has 0 spiro atoms. The molecule has 1 aromatic rings. The molecule has 89 valence electrons. The molecule has 1 aliphatic heterocycles. The highest BCUT2D eigenvalue weighted by Gasteiger charge is 2.18. The molecule has 1 radical (unpaired) electrons. The van der Waals surface area contributed by atoms with E-state index < -0.39 is 10.0 Å². The van der Waals surface area contributed by atoms with Gasteiger partial charge in [-0.2, -0.15) is 0 Å². The van der Waals surface area contributed by atoms with Crippen LogP contribution in [0.15, 0.2) is 47.5 Å². The standard InChI is InChI=1S/C12H13N2O2S/c1-14(2)17(15,16)11-6-3-5-10(9-11)12-7-4-8-13-12/h3-9H,1-2H3. The predicted molar refractivity (Wildman–Crippen MR) is 66.6 cm³/mol. The van der Waals surface area contributed by atoms with Crippen LogP contribution in [0.3, 0.4) is 0 Å². The van der Waals surface area contributed by atoms with Gasteiger partial charge in [-0.1, -0.05) is 12.1 Å². The van der Waals surface area contributed by atoms with Gasteiger partial charge in [0.05, 0.1) is 10.6 Å². The molecule has 4 nitrogen and oxygen atoms in total. The van der Waals surface area contributed by atoms with Crippen molar-refractivity contribution in [1.82, 2.24) is 9.62 Å². The first-order valence-electron chi connectivity index (χ1n) is 5.12. The Morgan fingerprint density at radius 1 is 1.24 bits per heavy atom. The van der Waals surface area contributed by atoms with Gasteiger partial charge < -0.3 is 0 Å². The zero-order valence-electron chi connectivity index (χ0n) is 9.66. The van der Waals surface area contributed by atoms with Crippen LogP contribution >= 0.6 is 0 Å². The van der Waals surface area contributed by atoms with E-state index in [-0.39, 0.29) is 4.90 Å². The van der Waals surface area contributed by atoms with Gasteiger partial charge in [0.1, 0.15) is 0 Å². The molecule has 5 heteroatoms. The maximum absolute atomic E-state index is 12.0. The van der Waals surface area contributed by atoms with Crippen LogP contribution in [0.1, 0.15) is 5.56 Å². The molecule has 0 saturated carbocycles. The first-order valence-corrected chi connectivity index (χ1v) is 6.56. The topological polar surface area (TPSA) is 51.5 Å². The molecule has 0 atom stereocenters. The van der Waals surface area contributed by atoms with Crippen molar-refractivity contribution in [2.24, 2.45) is 0 Å². The molecule has 17 heavy (non-hydrogen) atoms. The maximum atomic E-state index is 12.0. The summed E-state index contributed by atoms with van der Waals surface area (Å²) in [6, 6.07) is 6.79. The van der Waals surface area contributed by atoms with Crippen LogP contribution in [-0.2, 0) is 10.0 Å². The van der Waals surface area contributed by atoms with Crippen molar-refractivity contribution in [2.45, 2.75) is 4.90 Å². The van der Waals surface area contributed by atoms with E-state index in [0.29, 0.717) is 0 Å². The molecule has 0 saturated heterocycles. The van der Waals surface area contributed by atoms with Crippen LogP contribution in [0, 0.1) is 0 Å². The summed E-state index contributed by atoms with van der Waals surface area (Å²) in [5.74, 6) is 0. The Kier molecular flexibility index (Phi) is 3.04. The fourth-order valence-corrected chi connectivity index (χ4v) is 2.45. The Morgan fingerprint density at radius 2 is 2.00 bits per heavy atom. The van der Waals surface area contributed by atoms with Gasteiger partial charge in [-0.3, -0.25) is 5.32 Å². The Labute approximate surface area is 101 Å². The molecular formula is C12H13N2O2S. The first kappa shape index (κ1) is 11.9. The third-order valence-corrected chi connectivity index (χ3v) is 4.27. The van der Waals surface area contributed by atoms with Crippen molar-refractivity contribution >= 4 is 15.7 Å². The lowest BCUT2D eigenvalue weighted by atomic mass is 10.1. The average molecular weight is 249 g/mol. The largest absolute Gasteiger partial charge is 0.256 e. The quantitative estimate of drug-likeness (QED) is 0.813. The fraction of sp³-hybridized carbons (Fsp3) is 0.167. The van der Waals surface area contributed by atoms with E-state index in [2.05, 4.69) is 5.32 Å². The van der Waals surface area contributed by atoms with Gasteiger partial charge >= 0.3 is 0 Å². The minimum atomic E-state index is -3.38. The summed E-state index contributed by atoms with van der Waals surface area (Å²) in [6.45, 7) is 0. The van der Waals surface area contributed by atoms with Gasteiger partial charge in [-0.25, -0.2) is 12.7 Å². The minimum Gasteiger partial charge on any atom is -0.256 e. The molecule has 2 rings (SSSR count). The highest BCUT2D eigenvalue weighted by Crippen LogP contribution is 2.21. The zero-order valence-corrected chi connectivity index (χ0v) is 10.5. The molecule has 0 N–H and O–H groups in total. The highest BCUT2D eigenvalue weighted by atomic mass is 32.2. The number of hydrogen-bond donors (Lipinski definition) is 0. The van der Waals surface area contributed by atoms with Gasteiger partial charge in [0.15, 0.2) is 0 Å². The van der Waals surface area contributed by atoms with Crippen LogP contribution in [0.5, 0.6) is 0 Å². The lowest BCUT2D eigenvalue weighted by molar-refractivity contribution is 0.520. The van der Waals surface area contributed by atoms with Gasteiger partial charge in [-0.15, -0.1) is 0 Å². The van der Waals surface area contributed by atoms with Crippen molar-refractivity contribution in [3.05, 3.63) is 48.2 Å². The summed E-state index contributed by atoms with van der Waals surface area (Å²) in [5, 5.41) is 4.15. The van der Waals surface area contributed by atoms with Gasteiger partial charge in [0, 0.05) is 25.9 Å². The normalized spacial score (nSPS) is 14.9. The second-order valence-electron chi connectivity index (χ2n) is 3.84. The summed E-state index contributed by atoms with van der Waals surface area (Å²) < 4.78 is 25.1. The van der Waals surface area contributed by atoms with Crippen LogP contribution in [0.4, 0.5) is 0 Å². The zero-order chi connectivity index (χ0) is 12.5. The van der Waals surface area contributed by atoms with E-state index in [9.17, 15) is 8.42 Å². The number of nitrogens with zero attached hydrogens (tertiary/aromatic N) is 2. The molecule has 0 amide bonds. The lowest BCUT2D eigenvalue weighted by Gasteiger charge is -2.12. The fourth-order valence-electron chi connectivity index (χ4n) is 1.50. The van der Waals surface area contributed by atoms with E-state index in [0.717, 1.165) is 11.3 Å². The van der Waals surface area contributed by atoms with E-state index in [1.807, 2.05) is 18.2 Å². The van der Waals surface area contributed by atoms with Crippen molar-refractivity contribution in [2.75, 3.05) is 14.1 Å². The molecule has 1 aliphatic rings. The smallest absolute Gasteiger partial charge is 0.242 e. The van der Waals surface area contributed by atoms with E-state index in [1.165, 1.54) is 18.4 Å². The van der Waals surface area contributed by atoms with Crippen molar-refractivity contribution in [3.63, 3.8) is 0 Å². The third-order valence-electron chi connectivity index (χ3n) is 2.46. The highest BCUT2D eigenvalue weighted by molar-refractivity contribution is 7.89. The summed E-state index contributed by atoms with van der Waals surface area (Å²) in [7, 11) is -0.352. The number of hydrogen-bond acceptors (Lipinski definition) is 2. The average Bonchev–Trinajstić information content (AvgIpc) is 2.82. The second-order valence-corrected chi connectivity index (χ2v) is 5.99. The molecule has 1 heterocycles. The van der Waals surface area contributed by atoms with Crippen LogP contribution in [0.25, 0.3) is 5.70 Å². The number of benzene rings is 1. The minimum absolute atomic E-state index is 0.281. The molecule has 0 aromatic heterocycles. The Bertz CT molecular complexity index is 586. The van der Waals surface area contributed by atoms with Gasteiger partial charge in [0.25, 0.3) is 0 Å². The molecule has 0 aliphatic carbocycles. The molecular weight excluding hydrogens is 236 g/mol. The van der Waals surface area contributed by atoms with E-state index in [4.69, 9.17) is 0 Å². The molecule has 0 unspecified atom stereocenters. The summed E-state index contributed by atoms with van der Waals surface area (Å²) in [6.07, 6.45) is 5.35. The van der Waals surface area contributed by atoms with E-state index >= 15 is 0 Å². The van der Waals surface area contributed by atoms with Crippen LogP contribution < -0.4 is 5.32 Å². The van der Waals surface area contributed by atoms with Gasteiger partial charge in [0.2, 0.25) is 10.0 Å². The van der Waals surface area contributed by atoms with Crippen LogP contribution in [0.2, 0.25) is 0 Å². The van der Waals surface area contributed by atoms with Gasteiger partial charge in [-0.05, 0) is 24.3 Å². The van der Waals surface area contributed by atoms with Crippen molar-refractivity contribution in [1.29, 1.82) is 0 Å². The number of rotatable bonds is 3. The van der Waals surface area contributed by atoms with Crippen molar-refractivity contribution < 1.29 is 8.42 Å². The third kappa shape index (κ3) is 2.25. The summed E-state index contributed by atoms with van der Waals surface area (Å²) >= 11 is 0. The van der Waals surface area contributed by atoms with Crippen molar-refractivity contribution in [3.8, 4) is 0 Å². The SMILES string of the molecule is CN(C)S(=O)(=O)c1cccc(C2=CC=C[N]2)c1. The Morgan fingerprint density at radius 3 is 2.59 bits per heavy atom. The second kappa shape index (κ2) is 4.35. The lowest BCUT2D eigenvalue weighted by Crippen LogP contribution is -2.22. The molecule has 1 aromatic carbocycles. The molecule has 0 bridgehead atoms. The Hall–Kier alpha value is -1.59. The first-order chi connectivity index (χ1) is 8.01. The monoisotopic (exact) mass is 249 g/mol. The summed E-state index contributed by atoms with van der Waals surface area (Å²) in [5.41, 5.74) is 1.58. The maximum Gasteiger partial charge on any atom is 0.242 e. The molecule has 0 fully saturated rings. The predicted octanol–water partition coefficient (Wildman–Crippen LogP) is 1.41. The number of sulfonamides is 1. The Balaban J connectivity index is 2.42. The van der Waals surface area contributed by atoms with Crippen LogP contribution in [-0.4, -0.2) is 26.8 Å².